The molecule has 156 valence electrons. The molecule has 7 nitrogen and oxygen atoms in total. The fourth-order valence-corrected chi connectivity index (χ4v) is 3.39. The molecule has 1 aliphatic rings. The van der Waals surface area contributed by atoms with Gasteiger partial charge in [-0.3, -0.25) is 9.78 Å². The van der Waals surface area contributed by atoms with Crippen LogP contribution in [0.2, 0.25) is 0 Å². The minimum atomic E-state index is -0.551. The lowest BCUT2D eigenvalue weighted by Gasteiger charge is -2.37. The van der Waals surface area contributed by atoms with E-state index in [0.29, 0.717) is 31.7 Å². The first-order chi connectivity index (χ1) is 14.3. The van der Waals surface area contributed by atoms with E-state index in [2.05, 4.69) is 11.1 Å². The summed E-state index contributed by atoms with van der Waals surface area (Å²) in [5.74, 6) is -0.559. The summed E-state index contributed by atoms with van der Waals surface area (Å²) in [5, 5.41) is 9.06. The zero-order valence-electron chi connectivity index (χ0n) is 17.5. The van der Waals surface area contributed by atoms with Crippen molar-refractivity contribution in [1.82, 2.24) is 14.8 Å². The SMILES string of the molecule is CC(C)(C)OC(=O)N1CCN(C(=O)C(c2ccc(C#N)cc2)c2cccnc2)CC1. The third-order valence-electron chi connectivity index (χ3n) is 4.88. The van der Waals surface area contributed by atoms with Gasteiger partial charge < -0.3 is 14.5 Å². The quantitative estimate of drug-likeness (QED) is 0.781. The van der Waals surface area contributed by atoms with Crippen molar-refractivity contribution in [1.29, 1.82) is 5.26 Å². The number of amides is 2. The maximum absolute atomic E-state index is 13.5. The van der Waals surface area contributed by atoms with Gasteiger partial charge in [0.15, 0.2) is 0 Å². The fourth-order valence-electron chi connectivity index (χ4n) is 3.39. The first kappa shape index (κ1) is 21.3. The summed E-state index contributed by atoms with van der Waals surface area (Å²) in [6.07, 6.45) is 3.01. The molecule has 2 heterocycles. The molecular formula is C23H26N4O3. The molecule has 2 aromatic rings. The Labute approximate surface area is 176 Å². The van der Waals surface area contributed by atoms with Gasteiger partial charge in [-0.15, -0.1) is 0 Å². The van der Waals surface area contributed by atoms with Gasteiger partial charge in [-0.05, 0) is 50.1 Å². The number of nitrogens with zero attached hydrogens (tertiary/aromatic N) is 4. The largest absolute Gasteiger partial charge is 0.444 e. The van der Waals surface area contributed by atoms with Gasteiger partial charge in [0, 0.05) is 38.6 Å². The van der Waals surface area contributed by atoms with Crippen molar-refractivity contribution in [3.8, 4) is 6.07 Å². The first-order valence-electron chi connectivity index (χ1n) is 9.95. The maximum atomic E-state index is 13.5. The van der Waals surface area contributed by atoms with Crippen molar-refractivity contribution < 1.29 is 14.3 Å². The van der Waals surface area contributed by atoms with Crippen molar-refractivity contribution in [3.63, 3.8) is 0 Å². The Morgan fingerprint density at radius 2 is 1.67 bits per heavy atom. The van der Waals surface area contributed by atoms with Gasteiger partial charge in [-0.25, -0.2) is 4.79 Å². The number of aromatic nitrogens is 1. The predicted octanol–water partition coefficient (Wildman–Crippen LogP) is 3.16. The second-order valence-electron chi connectivity index (χ2n) is 8.25. The van der Waals surface area contributed by atoms with Gasteiger partial charge in [0.1, 0.15) is 5.60 Å². The highest BCUT2D eigenvalue weighted by Gasteiger charge is 2.32. The molecule has 0 saturated carbocycles. The molecular weight excluding hydrogens is 380 g/mol. The summed E-state index contributed by atoms with van der Waals surface area (Å²) in [6.45, 7) is 7.22. The molecule has 1 saturated heterocycles. The van der Waals surface area contributed by atoms with E-state index in [4.69, 9.17) is 10.00 Å². The lowest BCUT2D eigenvalue weighted by Crippen LogP contribution is -2.52. The number of rotatable bonds is 3. The monoisotopic (exact) mass is 406 g/mol. The van der Waals surface area contributed by atoms with Crippen LogP contribution >= 0.6 is 0 Å². The molecule has 1 unspecified atom stereocenters. The molecule has 0 spiro atoms. The normalized spacial score (nSPS) is 15.3. The summed E-state index contributed by atoms with van der Waals surface area (Å²) < 4.78 is 5.43. The van der Waals surface area contributed by atoms with Crippen LogP contribution in [0.3, 0.4) is 0 Å². The topological polar surface area (TPSA) is 86.5 Å². The van der Waals surface area contributed by atoms with Crippen LogP contribution in [0.5, 0.6) is 0 Å². The molecule has 1 fully saturated rings. The molecule has 3 rings (SSSR count). The van der Waals surface area contributed by atoms with Crippen molar-refractivity contribution in [2.45, 2.75) is 32.3 Å². The highest BCUT2D eigenvalue weighted by Crippen LogP contribution is 2.27. The maximum Gasteiger partial charge on any atom is 0.410 e. The number of pyridine rings is 1. The van der Waals surface area contributed by atoms with Gasteiger partial charge >= 0.3 is 6.09 Å². The van der Waals surface area contributed by atoms with Gasteiger partial charge in [-0.1, -0.05) is 18.2 Å². The summed E-state index contributed by atoms with van der Waals surface area (Å²) in [6, 6.07) is 12.8. The Kier molecular flexibility index (Phi) is 6.36. The molecule has 0 N–H and O–H groups in total. The van der Waals surface area contributed by atoms with Crippen molar-refractivity contribution >= 4 is 12.0 Å². The molecule has 0 bridgehead atoms. The number of ether oxygens (including phenoxy) is 1. The molecule has 1 aromatic heterocycles. The number of carbonyl (C=O) groups excluding carboxylic acids is 2. The van der Waals surface area contributed by atoms with E-state index in [1.807, 2.05) is 39.0 Å². The predicted molar refractivity (Wildman–Crippen MR) is 112 cm³/mol. The van der Waals surface area contributed by atoms with Gasteiger partial charge in [0.2, 0.25) is 5.91 Å². The van der Waals surface area contributed by atoms with E-state index in [9.17, 15) is 9.59 Å². The van der Waals surface area contributed by atoms with Crippen LogP contribution in [0, 0.1) is 11.3 Å². The van der Waals surface area contributed by atoms with Crippen molar-refractivity contribution in [3.05, 3.63) is 65.5 Å². The minimum absolute atomic E-state index is 0.0449. The zero-order chi connectivity index (χ0) is 21.7. The Morgan fingerprint density at radius 1 is 1.03 bits per heavy atom. The van der Waals surface area contributed by atoms with Crippen LogP contribution in [0.15, 0.2) is 48.8 Å². The average molecular weight is 406 g/mol. The highest BCUT2D eigenvalue weighted by molar-refractivity contribution is 5.87. The van der Waals surface area contributed by atoms with Crippen LogP contribution in [0.1, 0.15) is 43.4 Å². The molecule has 1 aliphatic heterocycles. The lowest BCUT2D eigenvalue weighted by atomic mass is 9.90. The van der Waals surface area contributed by atoms with Crippen LogP contribution < -0.4 is 0 Å². The average Bonchev–Trinajstić information content (AvgIpc) is 2.74. The molecule has 2 amide bonds. The Bertz CT molecular complexity index is 922. The van der Waals surface area contributed by atoms with Crippen LogP contribution in [-0.4, -0.2) is 58.6 Å². The third-order valence-corrected chi connectivity index (χ3v) is 4.88. The summed E-state index contributed by atoms with van der Waals surface area (Å²) in [5.41, 5.74) is 1.59. The number of nitriles is 1. The van der Waals surface area contributed by atoms with E-state index in [1.165, 1.54) is 0 Å². The molecule has 0 aliphatic carbocycles. The molecule has 1 aromatic carbocycles. The van der Waals surface area contributed by atoms with Crippen molar-refractivity contribution in [2.75, 3.05) is 26.2 Å². The van der Waals surface area contributed by atoms with Crippen molar-refractivity contribution in [2.24, 2.45) is 0 Å². The number of benzene rings is 1. The number of piperazine rings is 1. The van der Waals surface area contributed by atoms with Crippen LogP contribution in [0.25, 0.3) is 0 Å². The minimum Gasteiger partial charge on any atom is -0.444 e. The number of hydrogen-bond donors (Lipinski definition) is 0. The van der Waals surface area contributed by atoms with E-state index in [-0.39, 0.29) is 12.0 Å². The molecule has 30 heavy (non-hydrogen) atoms. The van der Waals surface area contributed by atoms with Gasteiger partial charge in [0.25, 0.3) is 0 Å². The summed E-state index contributed by atoms with van der Waals surface area (Å²) in [4.78, 5) is 33.3. The van der Waals surface area contributed by atoms with Crippen LogP contribution in [0.4, 0.5) is 4.79 Å². The number of hydrogen-bond acceptors (Lipinski definition) is 5. The Hall–Kier alpha value is -3.40. The van der Waals surface area contributed by atoms with E-state index < -0.39 is 11.5 Å². The van der Waals surface area contributed by atoms with E-state index >= 15 is 0 Å². The van der Waals surface area contributed by atoms with E-state index in [1.54, 1.807) is 40.4 Å². The Balaban J connectivity index is 1.76. The lowest BCUT2D eigenvalue weighted by molar-refractivity contribution is -0.133. The standard InChI is InChI=1S/C23H26N4O3/c1-23(2,3)30-22(29)27-13-11-26(12-14-27)21(28)20(19-5-4-10-25-16-19)18-8-6-17(15-24)7-9-18/h4-10,16,20H,11-14H2,1-3H3. The molecule has 1 atom stereocenters. The van der Waals surface area contributed by atoms with E-state index in [0.717, 1.165) is 11.1 Å². The summed E-state index contributed by atoms with van der Waals surface area (Å²) >= 11 is 0. The molecule has 0 radical (unpaired) electrons. The van der Waals surface area contributed by atoms with Gasteiger partial charge in [-0.2, -0.15) is 5.26 Å². The second-order valence-corrected chi connectivity index (χ2v) is 8.25. The fraction of sp³-hybridized carbons (Fsp3) is 0.391. The second kappa shape index (κ2) is 8.95. The molecule has 7 heteroatoms. The number of carbonyl (C=O) groups is 2. The Morgan fingerprint density at radius 3 is 2.20 bits per heavy atom. The summed E-state index contributed by atoms with van der Waals surface area (Å²) in [7, 11) is 0. The zero-order valence-corrected chi connectivity index (χ0v) is 17.5. The highest BCUT2D eigenvalue weighted by atomic mass is 16.6. The third kappa shape index (κ3) is 5.15. The first-order valence-corrected chi connectivity index (χ1v) is 9.95. The van der Waals surface area contributed by atoms with Crippen LogP contribution in [-0.2, 0) is 9.53 Å². The smallest absolute Gasteiger partial charge is 0.410 e. The van der Waals surface area contributed by atoms with Gasteiger partial charge in [0.05, 0.1) is 17.6 Å².